The van der Waals surface area contributed by atoms with Gasteiger partial charge in [0.25, 0.3) is 0 Å². The molecule has 14 heavy (non-hydrogen) atoms. The summed E-state index contributed by atoms with van der Waals surface area (Å²) in [6, 6.07) is 1.97. The highest BCUT2D eigenvalue weighted by Gasteiger charge is 2.32. The molecular weight excluding hydrogens is 219 g/mol. The second-order valence-corrected chi connectivity index (χ2v) is 2.95. The molecule has 1 rings (SSSR count). The second-order valence-electron chi connectivity index (χ2n) is 2.64. The Bertz CT molecular complexity index is 298. The van der Waals surface area contributed by atoms with Crippen LogP contribution in [0.2, 0.25) is 0 Å². The van der Waals surface area contributed by atoms with Gasteiger partial charge < -0.3 is 5.11 Å². The molecule has 0 saturated heterocycles. The van der Waals surface area contributed by atoms with E-state index in [1.807, 2.05) is 0 Å². The summed E-state index contributed by atoms with van der Waals surface area (Å²) in [5, 5.41) is 9.17. The van der Waals surface area contributed by atoms with Crippen molar-refractivity contribution in [1.29, 1.82) is 0 Å². The topological polar surface area (TPSA) is 33.1 Å². The first-order valence-corrected chi connectivity index (χ1v) is 4.26. The molecule has 0 fully saturated rings. The maximum absolute atomic E-state index is 12.1. The number of alkyl halides is 4. The van der Waals surface area contributed by atoms with E-state index in [4.69, 9.17) is 16.7 Å². The van der Waals surface area contributed by atoms with Crippen LogP contribution in [-0.2, 0) is 6.18 Å². The summed E-state index contributed by atoms with van der Waals surface area (Å²) in [7, 11) is 0. The molecule has 0 radical (unpaired) electrons. The fraction of sp³-hybridized carbons (Fsp3) is 0.375. The summed E-state index contributed by atoms with van der Waals surface area (Å²) in [4.78, 5) is 3.18. The summed E-state index contributed by atoms with van der Waals surface area (Å²) in [5.41, 5.74) is -0.712. The molecule has 0 spiro atoms. The van der Waals surface area contributed by atoms with Gasteiger partial charge in [-0.25, -0.2) is 0 Å². The minimum absolute atomic E-state index is 0.0763. The van der Waals surface area contributed by atoms with Crippen LogP contribution >= 0.6 is 11.6 Å². The number of halogens is 4. The minimum atomic E-state index is -4.45. The predicted octanol–water partition coefficient (Wildman–Crippen LogP) is 2.37. The third-order valence-corrected chi connectivity index (χ3v) is 1.90. The molecule has 1 aromatic heterocycles. The van der Waals surface area contributed by atoms with E-state index in [1.54, 1.807) is 0 Å². The largest absolute Gasteiger partial charge is 0.433 e. The fourth-order valence-electron chi connectivity index (χ4n) is 0.859. The smallest absolute Gasteiger partial charge is 0.387 e. The maximum atomic E-state index is 12.1. The van der Waals surface area contributed by atoms with Crippen molar-refractivity contribution in [3.8, 4) is 0 Å². The van der Waals surface area contributed by atoms with Crippen LogP contribution in [0.3, 0.4) is 0 Å². The average molecular weight is 226 g/mol. The molecule has 6 heteroatoms. The molecule has 2 nitrogen and oxygen atoms in total. The quantitative estimate of drug-likeness (QED) is 0.784. The van der Waals surface area contributed by atoms with Gasteiger partial charge in [-0.1, -0.05) is 6.07 Å². The average Bonchev–Trinajstić information content (AvgIpc) is 2.15. The van der Waals surface area contributed by atoms with Crippen LogP contribution < -0.4 is 0 Å². The van der Waals surface area contributed by atoms with Crippen molar-refractivity contribution in [2.24, 2.45) is 0 Å². The number of rotatable bonds is 2. The SMILES string of the molecule is OC(CCl)c1ccc(C(F)(F)F)nc1. The van der Waals surface area contributed by atoms with Crippen LogP contribution in [0.25, 0.3) is 0 Å². The Balaban J connectivity index is 2.89. The third-order valence-electron chi connectivity index (χ3n) is 1.61. The van der Waals surface area contributed by atoms with Crippen LogP contribution in [0.15, 0.2) is 18.3 Å². The zero-order chi connectivity index (χ0) is 10.8. The van der Waals surface area contributed by atoms with Crippen LogP contribution in [0.5, 0.6) is 0 Å². The van der Waals surface area contributed by atoms with E-state index in [9.17, 15) is 13.2 Å². The summed E-state index contributed by atoms with van der Waals surface area (Å²) < 4.78 is 36.2. The number of nitrogens with zero attached hydrogens (tertiary/aromatic N) is 1. The van der Waals surface area contributed by atoms with Gasteiger partial charge in [0.2, 0.25) is 0 Å². The lowest BCUT2D eigenvalue weighted by Gasteiger charge is -2.08. The number of hydrogen-bond acceptors (Lipinski definition) is 2. The lowest BCUT2D eigenvalue weighted by atomic mass is 10.2. The van der Waals surface area contributed by atoms with E-state index in [0.29, 0.717) is 0 Å². The number of pyridine rings is 1. The van der Waals surface area contributed by atoms with Gasteiger partial charge in [0.05, 0.1) is 12.0 Å². The van der Waals surface area contributed by atoms with E-state index >= 15 is 0 Å². The van der Waals surface area contributed by atoms with E-state index in [2.05, 4.69) is 4.98 Å². The van der Waals surface area contributed by atoms with E-state index in [1.165, 1.54) is 0 Å². The fourth-order valence-corrected chi connectivity index (χ4v) is 1.04. The van der Waals surface area contributed by atoms with Crippen molar-refractivity contribution in [1.82, 2.24) is 4.98 Å². The first-order chi connectivity index (χ1) is 6.45. The third kappa shape index (κ3) is 2.59. The van der Waals surface area contributed by atoms with Crippen LogP contribution in [0, 0.1) is 0 Å². The highest BCUT2D eigenvalue weighted by Crippen LogP contribution is 2.27. The number of aliphatic hydroxyl groups excluding tert-OH is 1. The number of hydrogen-bond donors (Lipinski definition) is 1. The van der Waals surface area contributed by atoms with Crippen molar-refractivity contribution in [3.63, 3.8) is 0 Å². The summed E-state index contributed by atoms with van der Waals surface area (Å²) in [6.07, 6.45) is -4.47. The minimum Gasteiger partial charge on any atom is -0.387 e. The highest BCUT2D eigenvalue weighted by molar-refractivity contribution is 6.18. The molecule has 0 saturated carbocycles. The Morgan fingerprint density at radius 2 is 2.07 bits per heavy atom. The van der Waals surface area contributed by atoms with Gasteiger partial charge in [-0.05, 0) is 6.07 Å². The Hall–Kier alpha value is -0.810. The highest BCUT2D eigenvalue weighted by atomic mass is 35.5. The Labute approximate surface area is 83.3 Å². The van der Waals surface area contributed by atoms with Crippen LogP contribution in [-0.4, -0.2) is 16.0 Å². The molecule has 0 aliphatic carbocycles. The van der Waals surface area contributed by atoms with E-state index in [-0.39, 0.29) is 11.4 Å². The predicted molar refractivity (Wildman–Crippen MR) is 44.9 cm³/mol. The van der Waals surface area contributed by atoms with Gasteiger partial charge in [-0.15, -0.1) is 11.6 Å². The van der Waals surface area contributed by atoms with Crippen LogP contribution in [0.1, 0.15) is 17.4 Å². The van der Waals surface area contributed by atoms with Gasteiger partial charge in [-0.2, -0.15) is 13.2 Å². The molecule has 0 amide bonds. The molecule has 78 valence electrons. The Morgan fingerprint density at radius 1 is 1.43 bits per heavy atom. The van der Waals surface area contributed by atoms with Gasteiger partial charge in [-0.3, -0.25) is 4.98 Å². The Kier molecular flexibility index (Phi) is 3.34. The maximum Gasteiger partial charge on any atom is 0.433 e. The number of aromatic nitrogens is 1. The van der Waals surface area contributed by atoms with Gasteiger partial charge >= 0.3 is 6.18 Å². The van der Waals surface area contributed by atoms with Crippen molar-refractivity contribution < 1.29 is 18.3 Å². The summed E-state index contributed by atoms with van der Waals surface area (Å²) in [6.45, 7) is 0. The molecule has 1 atom stereocenters. The second kappa shape index (κ2) is 4.14. The molecule has 0 aromatic carbocycles. The van der Waals surface area contributed by atoms with Crippen molar-refractivity contribution in [3.05, 3.63) is 29.6 Å². The normalized spacial score (nSPS) is 14.1. The summed E-state index contributed by atoms with van der Waals surface area (Å²) >= 11 is 5.32. The monoisotopic (exact) mass is 225 g/mol. The number of aliphatic hydroxyl groups is 1. The molecule has 1 unspecified atom stereocenters. The van der Waals surface area contributed by atoms with Crippen molar-refractivity contribution >= 4 is 11.6 Å². The lowest BCUT2D eigenvalue weighted by molar-refractivity contribution is -0.141. The molecule has 1 heterocycles. The zero-order valence-corrected chi connectivity index (χ0v) is 7.68. The molecule has 0 bridgehead atoms. The standard InChI is InChI=1S/C8H7ClF3NO/c9-3-6(14)5-1-2-7(13-4-5)8(10,11)12/h1-2,4,6,14H,3H2. The van der Waals surface area contributed by atoms with Crippen LogP contribution in [0.4, 0.5) is 13.2 Å². The molecule has 0 aliphatic rings. The molecule has 1 N–H and O–H groups in total. The van der Waals surface area contributed by atoms with Gasteiger partial charge in [0.15, 0.2) is 0 Å². The Morgan fingerprint density at radius 3 is 2.43 bits per heavy atom. The van der Waals surface area contributed by atoms with Gasteiger partial charge in [0.1, 0.15) is 5.69 Å². The first-order valence-electron chi connectivity index (χ1n) is 3.72. The molecular formula is C8H7ClF3NO. The van der Waals surface area contributed by atoms with E-state index in [0.717, 1.165) is 18.3 Å². The lowest BCUT2D eigenvalue weighted by Crippen LogP contribution is -2.08. The van der Waals surface area contributed by atoms with Gasteiger partial charge in [0, 0.05) is 11.8 Å². The van der Waals surface area contributed by atoms with Crippen molar-refractivity contribution in [2.45, 2.75) is 12.3 Å². The van der Waals surface area contributed by atoms with E-state index < -0.39 is 18.0 Å². The van der Waals surface area contributed by atoms with Crippen molar-refractivity contribution in [2.75, 3.05) is 5.88 Å². The summed E-state index contributed by atoms with van der Waals surface area (Å²) in [5.74, 6) is -0.0763. The first kappa shape index (κ1) is 11.3. The molecule has 0 aliphatic heterocycles. The zero-order valence-electron chi connectivity index (χ0n) is 6.92. The molecule has 1 aromatic rings.